The van der Waals surface area contributed by atoms with Crippen molar-refractivity contribution in [2.75, 3.05) is 5.32 Å². The molecule has 16 heavy (non-hydrogen) atoms. The lowest BCUT2D eigenvalue weighted by molar-refractivity contribution is 1.08. The number of rotatable bonds is 3. The van der Waals surface area contributed by atoms with E-state index in [0.29, 0.717) is 0 Å². The second-order valence-electron chi connectivity index (χ2n) is 3.67. The molecular formula is C13H13IN2. The maximum absolute atomic E-state index is 4.27. The molecule has 3 heteroatoms. The Labute approximate surface area is 109 Å². The first-order valence-corrected chi connectivity index (χ1v) is 6.23. The van der Waals surface area contributed by atoms with E-state index < -0.39 is 0 Å². The van der Waals surface area contributed by atoms with Gasteiger partial charge in [0.25, 0.3) is 0 Å². The number of hydrogen-bond acceptors (Lipinski definition) is 2. The van der Waals surface area contributed by atoms with Crippen molar-refractivity contribution >= 4 is 28.3 Å². The molecule has 0 saturated carbocycles. The third-order valence-electron chi connectivity index (χ3n) is 2.29. The minimum absolute atomic E-state index is 0.813. The highest BCUT2D eigenvalue weighted by molar-refractivity contribution is 14.1. The Hall–Kier alpha value is -1.10. The van der Waals surface area contributed by atoms with Gasteiger partial charge in [0.05, 0.1) is 0 Å². The van der Waals surface area contributed by atoms with Crippen molar-refractivity contribution in [2.45, 2.75) is 13.5 Å². The normalized spacial score (nSPS) is 10.1. The zero-order chi connectivity index (χ0) is 11.4. The number of nitrogens with zero attached hydrogens (tertiary/aromatic N) is 1. The van der Waals surface area contributed by atoms with Gasteiger partial charge in [-0.05, 0) is 59.3 Å². The topological polar surface area (TPSA) is 24.9 Å². The van der Waals surface area contributed by atoms with E-state index in [0.717, 1.165) is 17.9 Å². The molecule has 0 unspecified atom stereocenters. The molecule has 0 saturated heterocycles. The molecule has 0 spiro atoms. The summed E-state index contributed by atoms with van der Waals surface area (Å²) in [6, 6.07) is 12.5. The Morgan fingerprint density at radius 3 is 2.81 bits per heavy atom. The van der Waals surface area contributed by atoms with Gasteiger partial charge in [0.2, 0.25) is 0 Å². The number of aryl methyl sites for hydroxylation is 1. The summed E-state index contributed by atoms with van der Waals surface area (Å²) in [6.07, 6.45) is 1.91. The summed E-state index contributed by atoms with van der Waals surface area (Å²) >= 11 is 2.31. The third kappa shape index (κ3) is 3.20. The van der Waals surface area contributed by atoms with Crippen LogP contribution in [0.3, 0.4) is 0 Å². The smallest absolute Gasteiger partial charge is 0.0416 e. The van der Waals surface area contributed by atoms with E-state index in [2.05, 4.69) is 63.2 Å². The predicted molar refractivity (Wildman–Crippen MR) is 75.5 cm³/mol. The fourth-order valence-corrected chi connectivity index (χ4v) is 1.95. The number of anilines is 1. The fourth-order valence-electron chi connectivity index (χ4n) is 1.41. The molecule has 0 bridgehead atoms. The molecule has 0 amide bonds. The van der Waals surface area contributed by atoms with Crippen molar-refractivity contribution in [3.63, 3.8) is 0 Å². The van der Waals surface area contributed by atoms with Crippen LogP contribution >= 0.6 is 22.6 Å². The van der Waals surface area contributed by atoms with Crippen molar-refractivity contribution in [1.29, 1.82) is 0 Å². The third-order valence-corrected chi connectivity index (χ3v) is 2.96. The number of benzene rings is 1. The van der Waals surface area contributed by atoms with E-state index in [9.17, 15) is 0 Å². The van der Waals surface area contributed by atoms with Gasteiger partial charge in [0.1, 0.15) is 0 Å². The quantitative estimate of drug-likeness (QED) is 0.873. The van der Waals surface area contributed by atoms with Crippen molar-refractivity contribution < 1.29 is 0 Å². The molecule has 2 nitrogen and oxygen atoms in total. The maximum Gasteiger partial charge on any atom is 0.0416 e. The Balaban J connectivity index is 1.99. The standard InChI is InChI=1S/C13H13IN2/c1-10-5-6-11(8-15-10)9-16-13-4-2-3-12(14)7-13/h2-8,16H,9H2,1H3. The maximum atomic E-state index is 4.27. The van der Waals surface area contributed by atoms with Crippen LogP contribution in [0.4, 0.5) is 5.69 Å². The first-order valence-electron chi connectivity index (χ1n) is 5.15. The molecule has 0 aliphatic rings. The van der Waals surface area contributed by atoms with Crippen LogP contribution in [-0.2, 0) is 6.54 Å². The first kappa shape index (κ1) is 11.4. The highest BCUT2D eigenvalue weighted by Gasteiger charge is 1.95. The molecule has 2 rings (SSSR count). The molecule has 1 heterocycles. The van der Waals surface area contributed by atoms with Crippen molar-refractivity contribution in [3.05, 3.63) is 57.4 Å². The first-order chi connectivity index (χ1) is 7.74. The second-order valence-corrected chi connectivity index (χ2v) is 4.92. The molecule has 0 aliphatic heterocycles. The highest BCUT2D eigenvalue weighted by atomic mass is 127. The Morgan fingerprint density at radius 1 is 1.25 bits per heavy atom. The Bertz CT molecular complexity index is 466. The number of hydrogen-bond donors (Lipinski definition) is 1. The van der Waals surface area contributed by atoms with Gasteiger partial charge in [-0.2, -0.15) is 0 Å². The summed E-state index contributed by atoms with van der Waals surface area (Å²) in [7, 11) is 0. The number of pyridine rings is 1. The van der Waals surface area contributed by atoms with Gasteiger partial charge in [-0.15, -0.1) is 0 Å². The molecule has 0 atom stereocenters. The van der Waals surface area contributed by atoms with Crippen LogP contribution in [0.2, 0.25) is 0 Å². The van der Waals surface area contributed by atoms with Crippen LogP contribution in [0.1, 0.15) is 11.3 Å². The van der Waals surface area contributed by atoms with Crippen LogP contribution in [0.5, 0.6) is 0 Å². The predicted octanol–water partition coefficient (Wildman–Crippen LogP) is 3.61. The van der Waals surface area contributed by atoms with Crippen LogP contribution in [0.15, 0.2) is 42.6 Å². The summed E-state index contributed by atoms with van der Waals surface area (Å²) in [5, 5.41) is 3.38. The molecule has 1 aromatic carbocycles. The number of aromatic nitrogens is 1. The Kier molecular flexibility index (Phi) is 3.77. The monoisotopic (exact) mass is 324 g/mol. The van der Waals surface area contributed by atoms with Gasteiger partial charge in [-0.25, -0.2) is 0 Å². The summed E-state index contributed by atoms with van der Waals surface area (Å²) in [5.41, 5.74) is 3.40. The van der Waals surface area contributed by atoms with Crippen LogP contribution in [0, 0.1) is 10.5 Å². The van der Waals surface area contributed by atoms with Gasteiger partial charge >= 0.3 is 0 Å². The molecular weight excluding hydrogens is 311 g/mol. The zero-order valence-electron chi connectivity index (χ0n) is 9.07. The average molecular weight is 324 g/mol. The average Bonchev–Trinajstić information content (AvgIpc) is 2.28. The van der Waals surface area contributed by atoms with Crippen LogP contribution < -0.4 is 5.32 Å². The van der Waals surface area contributed by atoms with Gasteiger partial charge in [0.15, 0.2) is 0 Å². The summed E-state index contributed by atoms with van der Waals surface area (Å²) in [5.74, 6) is 0. The molecule has 1 aromatic heterocycles. The minimum atomic E-state index is 0.813. The van der Waals surface area contributed by atoms with Gasteiger partial charge in [0, 0.05) is 27.7 Å². The van der Waals surface area contributed by atoms with E-state index in [-0.39, 0.29) is 0 Å². The lowest BCUT2D eigenvalue weighted by Crippen LogP contribution is -2.00. The van der Waals surface area contributed by atoms with Crippen LogP contribution in [-0.4, -0.2) is 4.98 Å². The highest BCUT2D eigenvalue weighted by Crippen LogP contribution is 2.13. The number of nitrogens with one attached hydrogen (secondary N) is 1. The van der Waals surface area contributed by atoms with E-state index in [4.69, 9.17) is 0 Å². The fraction of sp³-hybridized carbons (Fsp3) is 0.154. The molecule has 2 aromatic rings. The van der Waals surface area contributed by atoms with Crippen molar-refractivity contribution in [2.24, 2.45) is 0 Å². The van der Waals surface area contributed by atoms with Gasteiger partial charge in [-0.1, -0.05) is 12.1 Å². The van der Waals surface area contributed by atoms with E-state index in [1.54, 1.807) is 0 Å². The largest absolute Gasteiger partial charge is 0.381 e. The van der Waals surface area contributed by atoms with Gasteiger partial charge < -0.3 is 5.32 Å². The Morgan fingerprint density at radius 2 is 2.12 bits per heavy atom. The van der Waals surface area contributed by atoms with Crippen LogP contribution in [0.25, 0.3) is 0 Å². The van der Waals surface area contributed by atoms with E-state index in [1.165, 1.54) is 9.13 Å². The summed E-state index contributed by atoms with van der Waals surface area (Å²) < 4.78 is 1.24. The molecule has 0 radical (unpaired) electrons. The summed E-state index contributed by atoms with van der Waals surface area (Å²) in [6.45, 7) is 2.81. The minimum Gasteiger partial charge on any atom is -0.381 e. The molecule has 0 fully saturated rings. The lowest BCUT2D eigenvalue weighted by atomic mass is 10.2. The lowest BCUT2D eigenvalue weighted by Gasteiger charge is -2.06. The molecule has 82 valence electrons. The molecule has 0 aliphatic carbocycles. The molecule has 1 N–H and O–H groups in total. The number of halogens is 1. The SMILES string of the molecule is Cc1ccc(CNc2cccc(I)c2)cn1. The van der Waals surface area contributed by atoms with Gasteiger partial charge in [-0.3, -0.25) is 4.98 Å². The second kappa shape index (κ2) is 5.30. The van der Waals surface area contributed by atoms with E-state index in [1.807, 2.05) is 19.2 Å². The van der Waals surface area contributed by atoms with Crippen molar-refractivity contribution in [1.82, 2.24) is 4.98 Å². The van der Waals surface area contributed by atoms with Crippen molar-refractivity contribution in [3.8, 4) is 0 Å². The summed E-state index contributed by atoms with van der Waals surface area (Å²) in [4.78, 5) is 4.27. The van der Waals surface area contributed by atoms with E-state index >= 15 is 0 Å². The zero-order valence-corrected chi connectivity index (χ0v) is 11.2.